The standard InChI is InChI=1S/C23H14Cl2O4/c1-13-19(29-23(27)15-6-4-7-16(24)11-15)10-9-17-21(26)20(28-22(13)17)12-14-5-2-3-8-18(14)25/h2-12H,1H3/b20-12-. The van der Waals surface area contributed by atoms with Gasteiger partial charge in [0.25, 0.3) is 0 Å². The van der Waals surface area contributed by atoms with Gasteiger partial charge in [-0.05, 0) is 55.0 Å². The lowest BCUT2D eigenvalue weighted by Crippen LogP contribution is -2.09. The van der Waals surface area contributed by atoms with Crippen LogP contribution in [0.25, 0.3) is 6.08 Å². The van der Waals surface area contributed by atoms with Gasteiger partial charge in [-0.1, -0.05) is 47.5 Å². The van der Waals surface area contributed by atoms with Gasteiger partial charge in [-0.2, -0.15) is 0 Å². The molecule has 0 unspecified atom stereocenters. The number of Topliss-reactive ketones (excluding diaryl/α,β-unsaturated/α-hetero) is 1. The molecule has 4 nitrogen and oxygen atoms in total. The lowest BCUT2D eigenvalue weighted by molar-refractivity contribution is 0.0733. The summed E-state index contributed by atoms with van der Waals surface area (Å²) in [5, 5.41) is 0.952. The Morgan fingerprint density at radius 2 is 1.83 bits per heavy atom. The van der Waals surface area contributed by atoms with Gasteiger partial charge in [0.05, 0.1) is 11.1 Å². The number of ketones is 1. The number of hydrogen-bond donors (Lipinski definition) is 0. The molecule has 0 fully saturated rings. The van der Waals surface area contributed by atoms with Crippen molar-refractivity contribution in [3.8, 4) is 11.5 Å². The zero-order valence-electron chi connectivity index (χ0n) is 15.2. The second kappa shape index (κ2) is 7.74. The molecule has 0 radical (unpaired) electrons. The van der Waals surface area contributed by atoms with Crippen LogP contribution in [0.1, 0.15) is 31.8 Å². The number of allylic oxidation sites excluding steroid dienone is 1. The average molecular weight is 425 g/mol. The number of rotatable bonds is 3. The van der Waals surface area contributed by atoms with Crippen molar-refractivity contribution in [2.45, 2.75) is 6.92 Å². The molecule has 0 aromatic heterocycles. The van der Waals surface area contributed by atoms with Crippen LogP contribution in [0.15, 0.2) is 66.4 Å². The van der Waals surface area contributed by atoms with E-state index in [0.717, 1.165) is 0 Å². The summed E-state index contributed by atoms with van der Waals surface area (Å²) >= 11 is 12.1. The van der Waals surface area contributed by atoms with E-state index in [9.17, 15) is 9.59 Å². The molecule has 4 rings (SSSR count). The fraction of sp³-hybridized carbons (Fsp3) is 0.0435. The normalized spacial score (nSPS) is 13.9. The maximum absolute atomic E-state index is 12.7. The van der Waals surface area contributed by atoms with Crippen LogP contribution >= 0.6 is 23.2 Å². The fourth-order valence-corrected chi connectivity index (χ4v) is 3.37. The zero-order chi connectivity index (χ0) is 20.5. The van der Waals surface area contributed by atoms with E-state index >= 15 is 0 Å². The van der Waals surface area contributed by atoms with Gasteiger partial charge in [-0.15, -0.1) is 0 Å². The molecular formula is C23H14Cl2O4. The molecule has 0 bridgehead atoms. The molecule has 144 valence electrons. The first-order valence-electron chi connectivity index (χ1n) is 8.74. The number of fused-ring (bicyclic) bond motifs is 1. The Labute approximate surface area is 177 Å². The molecule has 1 heterocycles. The Balaban J connectivity index is 1.63. The SMILES string of the molecule is Cc1c(OC(=O)c2cccc(Cl)c2)ccc2c1O/C(=C\c1ccccc1Cl)C2=O. The topological polar surface area (TPSA) is 52.6 Å². The van der Waals surface area contributed by atoms with E-state index in [4.69, 9.17) is 32.7 Å². The van der Waals surface area contributed by atoms with Crippen molar-refractivity contribution in [2.24, 2.45) is 0 Å². The molecular weight excluding hydrogens is 411 g/mol. The first-order valence-corrected chi connectivity index (χ1v) is 9.50. The third-order valence-electron chi connectivity index (χ3n) is 4.49. The summed E-state index contributed by atoms with van der Waals surface area (Å²) in [6.45, 7) is 1.73. The highest BCUT2D eigenvalue weighted by Crippen LogP contribution is 2.39. The van der Waals surface area contributed by atoms with E-state index in [-0.39, 0.29) is 11.5 Å². The monoisotopic (exact) mass is 424 g/mol. The largest absolute Gasteiger partial charge is 0.452 e. The first kappa shape index (κ1) is 19.2. The molecule has 0 spiro atoms. The number of carbonyl (C=O) groups is 2. The van der Waals surface area contributed by atoms with E-state index in [2.05, 4.69) is 0 Å². The highest BCUT2D eigenvalue weighted by Gasteiger charge is 2.30. The number of ether oxygens (including phenoxy) is 2. The third-order valence-corrected chi connectivity index (χ3v) is 5.07. The lowest BCUT2D eigenvalue weighted by atomic mass is 10.1. The lowest BCUT2D eigenvalue weighted by Gasteiger charge is -2.10. The summed E-state index contributed by atoms with van der Waals surface area (Å²) in [5.41, 5.74) is 1.96. The van der Waals surface area contributed by atoms with Crippen LogP contribution in [-0.4, -0.2) is 11.8 Å². The summed E-state index contributed by atoms with van der Waals surface area (Å²) in [7, 11) is 0. The smallest absolute Gasteiger partial charge is 0.343 e. The van der Waals surface area contributed by atoms with Crippen LogP contribution in [0, 0.1) is 6.92 Å². The number of hydrogen-bond acceptors (Lipinski definition) is 4. The van der Waals surface area contributed by atoms with E-state index < -0.39 is 5.97 Å². The Kier molecular flexibility index (Phi) is 5.14. The second-order valence-electron chi connectivity index (χ2n) is 6.43. The molecule has 0 N–H and O–H groups in total. The van der Waals surface area contributed by atoms with Gasteiger partial charge >= 0.3 is 5.97 Å². The Morgan fingerprint density at radius 1 is 1.03 bits per heavy atom. The van der Waals surface area contributed by atoms with Crippen molar-refractivity contribution >= 4 is 41.0 Å². The average Bonchev–Trinajstić information content (AvgIpc) is 3.02. The predicted molar refractivity (Wildman–Crippen MR) is 112 cm³/mol. The maximum atomic E-state index is 12.7. The van der Waals surface area contributed by atoms with Gasteiger partial charge in [0, 0.05) is 15.6 Å². The second-order valence-corrected chi connectivity index (χ2v) is 7.27. The minimum absolute atomic E-state index is 0.162. The zero-order valence-corrected chi connectivity index (χ0v) is 16.8. The van der Waals surface area contributed by atoms with Crippen LogP contribution in [0.2, 0.25) is 10.0 Å². The summed E-state index contributed by atoms with van der Waals surface area (Å²) < 4.78 is 11.3. The van der Waals surface area contributed by atoms with Crippen molar-refractivity contribution in [3.63, 3.8) is 0 Å². The molecule has 0 saturated carbocycles. The van der Waals surface area contributed by atoms with Crippen LogP contribution in [0.3, 0.4) is 0 Å². The van der Waals surface area contributed by atoms with Gasteiger partial charge in [0.2, 0.25) is 5.78 Å². The molecule has 29 heavy (non-hydrogen) atoms. The molecule has 1 aliphatic rings. The number of halogens is 2. The summed E-state index contributed by atoms with van der Waals surface area (Å²) in [6.07, 6.45) is 1.60. The van der Waals surface area contributed by atoms with E-state index in [1.165, 1.54) is 6.07 Å². The van der Waals surface area contributed by atoms with Gasteiger partial charge in [0.15, 0.2) is 5.76 Å². The van der Waals surface area contributed by atoms with Crippen LogP contribution < -0.4 is 9.47 Å². The summed E-state index contributed by atoms with van der Waals surface area (Å²) in [5.74, 6) is 0.0298. The minimum Gasteiger partial charge on any atom is -0.452 e. The van der Waals surface area contributed by atoms with Gasteiger partial charge in [-0.25, -0.2) is 4.79 Å². The molecule has 0 atom stereocenters. The van der Waals surface area contributed by atoms with Crippen LogP contribution in [0.4, 0.5) is 0 Å². The third kappa shape index (κ3) is 3.77. The molecule has 0 aliphatic carbocycles. The molecule has 6 heteroatoms. The summed E-state index contributed by atoms with van der Waals surface area (Å²) in [6, 6.07) is 16.8. The number of carbonyl (C=O) groups excluding carboxylic acids is 2. The van der Waals surface area contributed by atoms with Crippen LogP contribution in [0.5, 0.6) is 11.5 Å². The Morgan fingerprint density at radius 3 is 2.59 bits per heavy atom. The van der Waals surface area contributed by atoms with Crippen molar-refractivity contribution in [1.29, 1.82) is 0 Å². The Hall–Kier alpha value is -3.08. The maximum Gasteiger partial charge on any atom is 0.343 e. The summed E-state index contributed by atoms with van der Waals surface area (Å²) in [4.78, 5) is 25.1. The van der Waals surface area contributed by atoms with Gasteiger partial charge in [0.1, 0.15) is 11.5 Å². The van der Waals surface area contributed by atoms with Crippen molar-refractivity contribution in [2.75, 3.05) is 0 Å². The highest BCUT2D eigenvalue weighted by atomic mass is 35.5. The quantitative estimate of drug-likeness (QED) is 0.288. The predicted octanol–water partition coefficient (Wildman–Crippen LogP) is 6.14. The molecule has 0 amide bonds. The molecule has 0 saturated heterocycles. The minimum atomic E-state index is -0.549. The van der Waals surface area contributed by atoms with E-state index in [1.54, 1.807) is 61.5 Å². The Bertz CT molecular complexity index is 1180. The molecule has 1 aliphatic heterocycles. The van der Waals surface area contributed by atoms with Gasteiger partial charge in [-0.3, -0.25) is 4.79 Å². The van der Waals surface area contributed by atoms with Crippen molar-refractivity contribution in [3.05, 3.63) is 98.7 Å². The molecule has 3 aromatic rings. The van der Waals surface area contributed by atoms with Gasteiger partial charge < -0.3 is 9.47 Å². The van der Waals surface area contributed by atoms with Crippen molar-refractivity contribution in [1.82, 2.24) is 0 Å². The number of esters is 1. The molecule has 3 aromatic carbocycles. The van der Waals surface area contributed by atoms with Crippen LogP contribution in [-0.2, 0) is 0 Å². The van der Waals surface area contributed by atoms with E-state index in [0.29, 0.717) is 43.8 Å². The first-order chi connectivity index (χ1) is 13.9. The fourth-order valence-electron chi connectivity index (χ4n) is 2.99. The number of benzene rings is 3. The van der Waals surface area contributed by atoms with Crippen molar-refractivity contribution < 1.29 is 19.1 Å². The van der Waals surface area contributed by atoms with E-state index in [1.807, 2.05) is 6.07 Å². The highest BCUT2D eigenvalue weighted by molar-refractivity contribution is 6.32.